The van der Waals surface area contributed by atoms with Crippen LogP contribution in [0.15, 0.2) is 42.0 Å². The van der Waals surface area contributed by atoms with Crippen molar-refractivity contribution in [2.75, 3.05) is 19.6 Å². The number of ether oxygens (including phenoxy) is 2. The smallest absolute Gasteiger partial charge is 0.303 e. The van der Waals surface area contributed by atoms with Crippen LogP contribution in [0.2, 0.25) is 0 Å². The van der Waals surface area contributed by atoms with Gasteiger partial charge in [-0.15, -0.1) is 0 Å². The average molecular weight is 470 g/mol. The third kappa shape index (κ3) is 5.75. The van der Waals surface area contributed by atoms with Crippen LogP contribution >= 0.6 is 0 Å². The fraction of sp³-hybridized carbons (Fsp3) is 0.690. The summed E-state index contributed by atoms with van der Waals surface area (Å²) >= 11 is 0. The van der Waals surface area contributed by atoms with Crippen LogP contribution in [0.5, 0.6) is 0 Å². The second-order valence-electron chi connectivity index (χ2n) is 11.1. The van der Waals surface area contributed by atoms with Crippen molar-refractivity contribution in [1.82, 2.24) is 4.90 Å². The fourth-order valence-electron chi connectivity index (χ4n) is 6.59. The Morgan fingerprint density at radius 3 is 2.56 bits per heavy atom. The number of rotatable bonds is 7. The molecule has 5 heteroatoms. The Morgan fingerprint density at radius 1 is 1.18 bits per heavy atom. The van der Waals surface area contributed by atoms with Crippen molar-refractivity contribution in [2.45, 2.75) is 84.2 Å². The van der Waals surface area contributed by atoms with Crippen LogP contribution in [0.3, 0.4) is 0 Å². The Morgan fingerprint density at radius 2 is 1.88 bits per heavy atom. The number of carbonyl (C=O) groups is 1. The van der Waals surface area contributed by atoms with Crippen molar-refractivity contribution >= 4 is 5.97 Å². The highest BCUT2D eigenvalue weighted by Gasteiger charge is 2.52. The first kappa shape index (κ1) is 25.4. The number of nitrogens with zero attached hydrogens (tertiary/aromatic N) is 1. The maximum atomic E-state index is 11.8. The molecule has 3 aliphatic rings. The van der Waals surface area contributed by atoms with Crippen molar-refractivity contribution < 1.29 is 19.4 Å². The van der Waals surface area contributed by atoms with Gasteiger partial charge in [-0.1, -0.05) is 50.3 Å². The average Bonchev–Trinajstić information content (AvgIpc) is 2.81. The van der Waals surface area contributed by atoms with Gasteiger partial charge in [-0.2, -0.15) is 0 Å². The molecule has 1 saturated carbocycles. The zero-order chi connectivity index (χ0) is 24.3. The van der Waals surface area contributed by atoms with Crippen LogP contribution in [0.25, 0.3) is 0 Å². The molecule has 188 valence electrons. The molecule has 2 fully saturated rings. The third-order valence-corrected chi connectivity index (χ3v) is 8.74. The molecule has 34 heavy (non-hydrogen) atoms. The van der Waals surface area contributed by atoms with Gasteiger partial charge >= 0.3 is 5.97 Å². The molecule has 1 heterocycles. The lowest BCUT2D eigenvalue weighted by Crippen LogP contribution is -2.56. The first-order valence-electron chi connectivity index (χ1n) is 13.2. The Labute approximate surface area is 205 Å². The molecule has 1 saturated heterocycles. The van der Waals surface area contributed by atoms with E-state index in [1.54, 1.807) is 0 Å². The summed E-state index contributed by atoms with van der Waals surface area (Å²) in [5.74, 6) is 1.01. The van der Waals surface area contributed by atoms with Gasteiger partial charge in [0.15, 0.2) is 0 Å². The number of esters is 1. The van der Waals surface area contributed by atoms with E-state index in [0.717, 1.165) is 50.9 Å². The first-order valence-corrected chi connectivity index (χ1v) is 13.2. The van der Waals surface area contributed by atoms with Crippen LogP contribution in [-0.4, -0.2) is 53.4 Å². The van der Waals surface area contributed by atoms with Gasteiger partial charge in [-0.25, -0.2) is 0 Å². The van der Waals surface area contributed by atoms with Gasteiger partial charge in [0.05, 0.1) is 18.3 Å². The zero-order valence-electron chi connectivity index (χ0n) is 21.4. The van der Waals surface area contributed by atoms with E-state index < -0.39 is 5.60 Å². The molecule has 5 nitrogen and oxygen atoms in total. The molecule has 0 unspecified atom stereocenters. The van der Waals surface area contributed by atoms with Crippen LogP contribution in [0.1, 0.15) is 65.4 Å². The molecule has 1 N–H and O–H groups in total. The van der Waals surface area contributed by atoms with E-state index >= 15 is 0 Å². The Balaban J connectivity index is 1.33. The van der Waals surface area contributed by atoms with Crippen molar-refractivity contribution in [3.05, 3.63) is 47.5 Å². The Kier molecular flexibility index (Phi) is 8.16. The van der Waals surface area contributed by atoms with E-state index in [0.29, 0.717) is 31.0 Å². The largest absolute Gasteiger partial charge is 0.458 e. The molecule has 1 aromatic carbocycles. The highest BCUT2D eigenvalue weighted by molar-refractivity contribution is 5.66. The van der Waals surface area contributed by atoms with Gasteiger partial charge in [0.1, 0.15) is 6.10 Å². The molecule has 0 radical (unpaired) electrons. The minimum Gasteiger partial charge on any atom is -0.458 e. The molecular formula is C29H43NO4. The van der Waals surface area contributed by atoms with Gasteiger partial charge in [0, 0.05) is 38.9 Å². The van der Waals surface area contributed by atoms with Gasteiger partial charge in [-0.05, 0) is 61.5 Å². The topological polar surface area (TPSA) is 59.0 Å². The summed E-state index contributed by atoms with van der Waals surface area (Å²) in [5, 5.41) is 11.8. The summed E-state index contributed by atoms with van der Waals surface area (Å²) in [6.45, 7) is 11.9. The van der Waals surface area contributed by atoms with Gasteiger partial charge in [0.25, 0.3) is 0 Å². The summed E-state index contributed by atoms with van der Waals surface area (Å²) < 4.78 is 11.7. The highest BCUT2D eigenvalue weighted by Crippen LogP contribution is 2.51. The molecule has 0 aromatic heterocycles. The van der Waals surface area contributed by atoms with Crippen molar-refractivity contribution in [1.29, 1.82) is 0 Å². The quantitative estimate of drug-likeness (QED) is 0.451. The van der Waals surface area contributed by atoms with Gasteiger partial charge < -0.3 is 19.5 Å². The van der Waals surface area contributed by atoms with Crippen molar-refractivity contribution in [2.24, 2.45) is 23.7 Å². The molecule has 1 aromatic rings. The van der Waals surface area contributed by atoms with Gasteiger partial charge in [0.2, 0.25) is 0 Å². The number of piperidine rings is 1. The Bertz CT molecular complexity index is 847. The fourth-order valence-corrected chi connectivity index (χ4v) is 6.59. The summed E-state index contributed by atoms with van der Waals surface area (Å²) in [4.78, 5) is 14.2. The van der Waals surface area contributed by atoms with Crippen LogP contribution in [0, 0.1) is 23.7 Å². The number of hydrogen-bond acceptors (Lipinski definition) is 5. The summed E-state index contributed by atoms with van der Waals surface area (Å²) in [5.41, 5.74) is 1.53. The molecule has 0 spiro atoms. The summed E-state index contributed by atoms with van der Waals surface area (Å²) in [7, 11) is 0. The molecular weight excluding hydrogens is 426 g/mol. The van der Waals surface area contributed by atoms with Crippen LogP contribution < -0.4 is 0 Å². The lowest BCUT2D eigenvalue weighted by molar-refractivity contribution is -0.159. The second-order valence-corrected chi connectivity index (χ2v) is 11.1. The normalized spacial score (nSPS) is 33.6. The highest BCUT2D eigenvalue weighted by atomic mass is 16.5. The summed E-state index contributed by atoms with van der Waals surface area (Å²) in [6.07, 6.45) is 7.13. The SMILES string of the molecule is CC(=O)O[C@@H]1C[C@@]2(O)[C@H](C)CC[C@@H]([C@H](C)CN3CCC(OCc4ccccc4)CC3)[C@H]2C=C1C. The lowest BCUT2D eigenvalue weighted by atomic mass is 9.57. The van der Waals surface area contributed by atoms with E-state index in [2.05, 4.69) is 56.0 Å². The predicted molar refractivity (Wildman–Crippen MR) is 134 cm³/mol. The van der Waals surface area contributed by atoms with Crippen LogP contribution in [-0.2, 0) is 20.9 Å². The molecule has 6 atom stereocenters. The van der Waals surface area contributed by atoms with E-state index in [9.17, 15) is 9.90 Å². The summed E-state index contributed by atoms with van der Waals surface area (Å²) in [6, 6.07) is 10.4. The number of aliphatic hydroxyl groups is 1. The van der Waals surface area contributed by atoms with Crippen LogP contribution in [0.4, 0.5) is 0 Å². The molecule has 4 rings (SSSR count). The molecule has 1 aliphatic heterocycles. The number of benzene rings is 1. The van der Waals surface area contributed by atoms with E-state index in [1.807, 2.05) is 6.07 Å². The number of carbonyl (C=O) groups excluding carboxylic acids is 1. The molecule has 0 amide bonds. The standard InChI is InChI=1S/C29H43NO4/c1-20-16-27-26(11-10-22(3)29(27,32)17-28(20)34-23(4)31)21(2)18-30-14-12-25(13-15-30)33-19-24-8-6-5-7-9-24/h5-9,16,21-22,25-28,32H,10-15,17-19H2,1-4H3/t21-,22-,26+,27-,28-,29-/m1/s1. The minimum absolute atomic E-state index is 0.129. The van der Waals surface area contributed by atoms with Crippen molar-refractivity contribution in [3.63, 3.8) is 0 Å². The molecule has 0 bridgehead atoms. The zero-order valence-corrected chi connectivity index (χ0v) is 21.4. The lowest BCUT2D eigenvalue weighted by Gasteiger charge is -2.53. The predicted octanol–water partition coefficient (Wildman–Crippen LogP) is 4.98. The number of hydrogen-bond donors (Lipinski definition) is 1. The first-order chi connectivity index (χ1) is 16.3. The minimum atomic E-state index is -0.797. The third-order valence-electron chi connectivity index (χ3n) is 8.74. The monoisotopic (exact) mass is 469 g/mol. The van der Waals surface area contributed by atoms with Gasteiger partial charge in [-0.3, -0.25) is 4.79 Å². The number of fused-ring (bicyclic) bond motifs is 1. The van der Waals surface area contributed by atoms with Crippen molar-refractivity contribution in [3.8, 4) is 0 Å². The number of likely N-dealkylation sites (tertiary alicyclic amines) is 1. The Hall–Kier alpha value is -1.69. The van der Waals surface area contributed by atoms with E-state index in [1.165, 1.54) is 12.5 Å². The van der Waals surface area contributed by atoms with E-state index in [-0.39, 0.29) is 23.9 Å². The molecule has 2 aliphatic carbocycles. The van der Waals surface area contributed by atoms with E-state index in [4.69, 9.17) is 9.47 Å². The second kappa shape index (κ2) is 10.9. The maximum Gasteiger partial charge on any atom is 0.303 e. The maximum absolute atomic E-state index is 11.8.